The monoisotopic (exact) mass is 376 g/mol. The fraction of sp³-hybridized carbons (Fsp3) is 0.176. The van der Waals surface area contributed by atoms with Gasteiger partial charge in [-0.1, -0.05) is 23.9 Å². The number of halogens is 2. The maximum atomic E-state index is 13.2. The first-order valence-corrected chi connectivity index (χ1v) is 8.54. The molecule has 9 heteroatoms. The van der Waals surface area contributed by atoms with Crippen molar-refractivity contribution in [1.29, 1.82) is 0 Å². The molecule has 0 spiro atoms. The van der Waals surface area contributed by atoms with Crippen LogP contribution in [0.4, 0.5) is 8.78 Å². The van der Waals surface area contributed by atoms with Crippen LogP contribution < -0.4 is 0 Å². The van der Waals surface area contributed by atoms with Gasteiger partial charge in [-0.25, -0.2) is 8.78 Å². The Bertz CT molecular complexity index is 914. The summed E-state index contributed by atoms with van der Waals surface area (Å²) in [5, 5.41) is 19.0. The van der Waals surface area contributed by atoms with Crippen molar-refractivity contribution in [2.24, 2.45) is 0 Å². The molecule has 1 heterocycles. The lowest BCUT2D eigenvalue weighted by atomic mass is 10.1. The van der Waals surface area contributed by atoms with Crippen molar-refractivity contribution in [3.63, 3.8) is 0 Å². The number of aromatic nitrogens is 3. The van der Waals surface area contributed by atoms with Gasteiger partial charge < -0.3 is 0 Å². The third-order valence-corrected chi connectivity index (χ3v) is 4.87. The second-order valence-electron chi connectivity index (χ2n) is 5.51. The summed E-state index contributed by atoms with van der Waals surface area (Å²) in [6.45, 7) is 1.38. The number of rotatable bonds is 6. The zero-order valence-electron chi connectivity index (χ0n) is 13.7. The van der Waals surface area contributed by atoms with E-state index in [0.717, 1.165) is 11.8 Å². The number of nitro groups is 1. The lowest BCUT2D eigenvalue weighted by Crippen LogP contribution is -2.11. The zero-order valence-corrected chi connectivity index (χ0v) is 14.5. The molecule has 0 aliphatic carbocycles. The van der Waals surface area contributed by atoms with Crippen LogP contribution in [0.15, 0.2) is 53.7 Å². The van der Waals surface area contributed by atoms with Crippen molar-refractivity contribution in [2.75, 3.05) is 6.54 Å². The van der Waals surface area contributed by atoms with Gasteiger partial charge in [0.25, 0.3) is 0 Å². The van der Waals surface area contributed by atoms with Gasteiger partial charge in [-0.2, -0.15) is 0 Å². The number of thioether (sulfide) groups is 1. The molecular formula is C17H14F2N4O2S. The van der Waals surface area contributed by atoms with Gasteiger partial charge in [-0.15, -0.1) is 10.2 Å². The Balaban J connectivity index is 1.95. The van der Waals surface area contributed by atoms with Crippen molar-refractivity contribution in [3.8, 4) is 5.69 Å². The lowest BCUT2D eigenvalue weighted by molar-refractivity contribution is -0.479. The molecule has 0 unspecified atom stereocenters. The maximum absolute atomic E-state index is 13.2. The zero-order chi connectivity index (χ0) is 18.7. The van der Waals surface area contributed by atoms with Crippen LogP contribution in [0.3, 0.4) is 0 Å². The fourth-order valence-corrected chi connectivity index (χ4v) is 3.63. The van der Waals surface area contributed by atoms with Crippen LogP contribution in [0.2, 0.25) is 0 Å². The third kappa shape index (κ3) is 4.05. The number of aryl methyl sites for hydroxylation is 1. The molecule has 6 nitrogen and oxygen atoms in total. The van der Waals surface area contributed by atoms with E-state index in [9.17, 15) is 18.9 Å². The first-order chi connectivity index (χ1) is 12.4. The van der Waals surface area contributed by atoms with Crippen LogP contribution in [-0.4, -0.2) is 26.2 Å². The molecule has 1 aromatic heterocycles. The van der Waals surface area contributed by atoms with Gasteiger partial charge in [0.15, 0.2) is 5.16 Å². The highest BCUT2D eigenvalue weighted by Gasteiger charge is 2.23. The summed E-state index contributed by atoms with van der Waals surface area (Å²) in [5.41, 5.74) is 1.26. The molecule has 0 bridgehead atoms. The summed E-state index contributed by atoms with van der Waals surface area (Å²) in [6.07, 6.45) is 0. The summed E-state index contributed by atoms with van der Waals surface area (Å²) >= 11 is 1.15. The van der Waals surface area contributed by atoms with E-state index in [-0.39, 0.29) is 12.4 Å². The van der Waals surface area contributed by atoms with Crippen molar-refractivity contribution < 1.29 is 13.7 Å². The van der Waals surface area contributed by atoms with E-state index in [2.05, 4.69) is 10.2 Å². The number of benzene rings is 2. The molecule has 0 N–H and O–H groups in total. The molecule has 0 radical (unpaired) electrons. The molecule has 0 aliphatic rings. The molecule has 1 atom stereocenters. The SMILES string of the molecule is Cc1nnc(S[C@@H](C[N+](=O)[O-])c2ccc(F)cc2)n1-c1ccc(F)cc1. The first-order valence-electron chi connectivity index (χ1n) is 7.66. The minimum absolute atomic E-state index is 0.356. The largest absolute Gasteiger partial charge is 0.274 e. The Kier molecular flexibility index (Phi) is 5.27. The van der Waals surface area contributed by atoms with Gasteiger partial charge >= 0.3 is 0 Å². The smallest absolute Gasteiger partial charge is 0.220 e. The molecule has 26 heavy (non-hydrogen) atoms. The van der Waals surface area contributed by atoms with Crippen molar-refractivity contribution >= 4 is 11.8 Å². The van der Waals surface area contributed by atoms with E-state index >= 15 is 0 Å². The average Bonchev–Trinajstić information content (AvgIpc) is 2.96. The van der Waals surface area contributed by atoms with Crippen LogP contribution >= 0.6 is 11.8 Å². The Labute approximate surface area is 152 Å². The summed E-state index contributed by atoms with van der Waals surface area (Å²) in [5.74, 6) is -0.215. The standard InChI is InChI=1S/C17H14F2N4O2S/c1-11-20-21-17(23(11)15-8-6-14(19)7-9-15)26-16(10-22(24)25)12-2-4-13(18)5-3-12/h2-9,16H,10H2,1H3/t16-/m0/s1. The van der Waals surface area contributed by atoms with Crippen LogP contribution in [-0.2, 0) is 0 Å². The Morgan fingerprint density at radius 1 is 1.08 bits per heavy atom. The molecule has 0 amide bonds. The molecule has 0 aliphatic heterocycles. The summed E-state index contributed by atoms with van der Waals surface area (Å²) in [4.78, 5) is 10.6. The Morgan fingerprint density at radius 2 is 1.65 bits per heavy atom. The number of nitrogens with zero attached hydrogens (tertiary/aromatic N) is 4. The average molecular weight is 376 g/mol. The molecular weight excluding hydrogens is 362 g/mol. The quantitative estimate of drug-likeness (QED) is 0.370. The molecule has 0 saturated heterocycles. The second-order valence-corrected chi connectivity index (χ2v) is 6.68. The number of hydrogen-bond acceptors (Lipinski definition) is 5. The van der Waals surface area contributed by atoms with E-state index in [1.54, 1.807) is 23.6 Å². The van der Waals surface area contributed by atoms with Gasteiger partial charge in [0.1, 0.15) is 22.7 Å². The molecule has 2 aromatic carbocycles. The van der Waals surface area contributed by atoms with Crippen LogP contribution in [0.25, 0.3) is 5.69 Å². The normalized spacial score (nSPS) is 12.1. The van der Waals surface area contributed by atoms with Crippen LogP contribution in [0.1, 0.15) is 16.6 Å². The van der Waals surface area contributed by atoms with Crippen molar-refractivity contribution in [1.82, 2.24) is 14.8 Å². The van der Waals surface area contributed by atoms with Gasteiger partial charge in [-0.05, 0) is 48.9 Å². The first kappa shape index (κ1) is 18.0. The van der Waals surface area contributed by atoms with Gasteiger partial charge in [0, 0.05) is 10.6 Å². The van der Waals surface area contributed by atoms with E-state index in [1.165, 1.54) is 36.4 Å². The molecule has 3 aromatic rings. The van der Waals surface area contributed by atoms with E-state index in [1.807, 2.05) is 0 Å². The molecule has 0 saturated carbocycles. The van der Waals surface area contributed by atoms with Gasteiger partial charge in [-0.3, -0.25) is 14.7 Å². The Hall–Kier alpha value is -2.81. The minimum atomic E-state index is -0.576. The summed E-state index contributed by atoms with van der Waals surface area (Å²) in [6, 6.07) is 11.4. The topological polar surface area (TPSA) is 73.8 Å². The van der Waals surface area contributed by atoms with E-state index in [0.29, 0.717) is 22.2 Å². The third-order valence-electron chi connectivity index (χ3n) is 3.68. The van der Waals surface area contributed by atoms with Crippen molar-refractivity contribution in [3.05, 3.63) is 81.7 Å². The van der Waals surface area contributed by atoms with Crippen molar-refractivity contribution in [2.45, 2.75) is 17.3 Å². The summed E-state index contributed by atoms with van der Waals surface area (Å²) < 4.78 is 28.0. The molecule has 134 valence electrons. The Morgan fingerprint density at radius 3 is 2.23 bits per heavy atom. The highest BCUT2D eigenvalue weighted by Crippen LogP contribution is 2.36. The summed E-state index contributed by atoms with van der Waals surface area (Å²) in [7, 11) is 0. The highest BCUT2D eigenvalue weighted by molar-refractivity contribution is 7.99. The minimum Gasteiger partial charge on any atom is -0.274 e. The number of hydrogen-bond donors (Lipinski definition) is 0. The van der Waals surface area contributed by atoms with Crippen LogP contribution in [0, 0.1) is 28.7 Å². The predicted molar refractivity (Wildman–Crippen MR) is 92.9 cm³/mol. The highest BCUT2D eigenvalue weighted by atomic mass is 32.2. The maximum Gasteiger partial charge on any atom is 0.220 e. The molecule has 0 fully saturated rings. The van der Waals surface area contributed by atoms with Gasteiger partial charge in [0.05, 0.1) is 0 Å². The second kappa shape index (κ2) is 7.61. The lowest BCUT2D eigenvalue weighted by Gasteiger charge is -2.14. The predicted octanol–water partition coefficient (Wildman–Crippen LogP) is 3.96. The van der Waals surface area contributed by atoms with E-state index in [4.69, 9.17) is 0 Å². The van der Waals surface area contributed by atoms with Gasteiger partial charge in [0.2, 0.25) is 6.54 Å². The fourth-order valence-electron chi connectivity index (χ4n) is 2.46. The van der Waals surface area contributed by atoms with E-state index < -0.39 is 16.0 Å². The molecule has 3 rings (SSSR count). The van der Waals surface area contributed by atoms with Crippen LogP contribution in [0.5, 0.6) is 0 Å².